The van der Waals surface area contributed by atoms with E-state index in [1.165, 1.54) is 0 Å². The first kappa shape index (κ1) is 18.2. The zero-order chi connectivity index (χ0) is 19.5. The number of thiocarbonyl (C=S) groups is 1. The highest BCUT2D eigenvalue weighted by atomic mass is 35.5. The van der Waals surface area contributed by atoms with Crippen molar-refractivity contribution in [2.45, 2.75) is 0 Å². The van der Waals surface area contributed by atoms with Crippen molar-refractivity contribution >= 4 is 51.6 Å². The molecule has 5 nitrogen and oxygen atoms in total. The molecule has 0 aliphatic heterocycles. The smallest absolute Gasteiger partial charge is 0.257 e. The van der Waals surface area contributed by atoms with Gasteiger partial charge in [-0.05, 0) is 60.7 Å². The number of halogens is 1. The normalized spacial score (nSPS) is 10.6. The number of carbonyl (C=O) groups excluding carboxylic acids is 1. The van der Waals surface area contributed by atoms with Crippen LogP contribution >= 0.6 is 23.8 Å². The van der Waals surface area contributed by atoms with Gasteiger partial charge in [-0.1, -0.05) is 35.9 Å². The number of fused-ring (bicyclic) bond motifs is 1. The molecule has 0 radical (unpaired) electrons. The number of para-hydroxylation sites is 2. The Kier molecular flexibility index (Phi) is 5.06. The largest absolute Gasteiger partial charge is 0.338 e. The van der Waals surface area contributed by atoms with Crippen molar-refractivity contribution in [3.8, 4) is 11.4 Å². The van der Waals surface area contributed by atoms with Gasteiger partial charge < -0.3 is 10.3 Å². The molecule has 1 aromatic heterocycles. The summed E-state index contributed by atoms with van der Waals surface area (Å²) in [4.78, 5) is 20.1. The first-order chi connectivity index (χ1) is 13.6. The number of aromatic amines is 1. The van der Waals surface area contributed by atoms with E-state index in [2.05, 4.69) is 20.6 Å². The third-order valence-electron chi connectivity index (χ3n) is 4.12. The van der Waals surface area contributed by atoms with Crippen molar-refractivity contribution < 1.29 is 4.79 Å². The minimum absolute atomic E-state index is 0.210. The van der Waals surface area contributed by atoms with E-state index >= 15 is 0 Å². The van der Waals surface area contributed by atoms with Crippen LogP contribution in [-0.4, -0.2) is 21.0 Å². The summed E-state index contributed by atoms with van der Waals surface area (Å²) in [5.74, 6) is 0.462. The van der Waals surface area contributed by atoms with Gasteiger partial charge in [-0.15, -0.1) is 0 Å². The summed E-state index contributed by atoms with van der Waals surface area (Å²) >= 11 is 11.1. The van der Waals surface area contributed by atoms with Gasteiger partial charge >= 0.3 is 0 Å². The molecule has 0 spiro atoms. The molecule has 0 fully saturated rings. The second-order valence-corrected chi connectivity index (χ2v) is 6.94. The van der Waals surface area contributed by atoms with Gasteiger partial charge in [0.2, 0.25) is 0 Å². The molecule has 7 heteroatoms. The lowest BCUT2D eigenvalue weighted by Crippen LogP contribution is -2.34. The predicted molar refractivity (Wildman–Crippen MR) is 117 cm³/mol. The lowest BCUT2D eigenvalue weighted by atomic mass is 10.2. The Morgan fingerprint density at radius 2 is 1.79 bits per heavy atom. The molecule has 1 amide bonds. The molecule has 0 aliphatic carbocycles. The summed E-state index contributed by atoms with van der Waals surface area (Å²) in [6.07, 6.45) is 0. The summed E-state index contributed by atoms with van der Waals surface area (Å²) in [7, 11) is 0. The van der Waals surface area contributed by atoms with E-state index in [-0.39, 0.29) is 11.0 Å². The zero-order valence-corrected chi connectivity index (χ0v) is 16.1. The SMILES string of the molecule is O=C(NC(=S)Nc1cccc(-c2nc3ccccc3[nH]2)c1)c1ccc(Cl)cc1. The van der Waals surface area contributed by atoms with Crippen LogP contribution < -0.4 is 10.6 Å². The quantitative estimate of drug-likeness (QED) is 0.418. The lowest BCUT2D eigenvalue weighted by molar-refractivity contribution is 0.0978. The van der Waals surface area contributed by atoms with Crippen LogP contribution in [0, 0.1) is 0 Å². The molecule has 0 saturated carbocycles. The van der Waals surface area contributed by atoms with E-state index < -0.39 is 0 Å². The van der Waals surface area contributed by atoms with Crippen LogP contribution in [0.25, 0.3) is 22.4 Å². The number of carbonyl (C=O) groups is 1. The lowest BCUT2D eigenvalue weighted by Gasteiger charge is -2.10. The zero-order valence-electron chi connectivity index (χ0n) is 14.6. The number of imidazole rings is 1. The molecule has 138 valence electrons. The number of nitrogens with one attached hydrogen (secondary N) is 3. The Morgan fingerprint density at radius 3 is 2.57 bits per heavy atom. The number of hydrogen-bond donors (Lipinski definition) is 3. The van der Waals surface area contributed by atoms with Crippen LogP contribution in [0.4, 0.5) is 5.69 Å². The van der Waals surface area contributed by atoms with E-state index in [1.54, 1.807) is 24.3 Å². The summed E-state index contributed by atoms with van der Waals surface area (Å²) < 4.78 is 0. The number of amides is 1. The molecule has 3 aromatic carbocycles. The van der Waals surface area contributed by atoms with Crippen molar-refractivity contribution in [3.63, 3.8) is 0 Å². The third-order valence-corrected chi connectivity index (χ3v) is 4.57. The van der Waals surface area contributed by atoms with Crippen LogP contribution in [0.1, 0.15) is 10.4 Å². The molecule has 4 aromatic rings. The van der Waals surface area contributed by atoms with Crippen LogP contribution in [0.2, 0.25) is 5.02 Å². The Hall–Kier alpha value is -3.22. The summed E-state index contributed by atoms with van der Waals surface area (Å²) in [6.45, 7) is 0. The molecule has 0 atom stereocenters. The maximum atomic E-state index is 12.2. The number of nitrogens with zero attached hydrogens (tertiary/aromatic N) is 1. The van der Waals surface area contributed by atoms with E-state index in [9.17, 15) is 4.79 Å². The van der Waals surface area contributed by atoms with Gasteiger partial charge in [0.25, 0.3) is 5.91 Å². The van der Waals surface area contributed by atoms with Crippen molar-refractivity contribution in [2.24, 2.45) is 0 Å². The molecule has 0 saturated heterocycles. The average Bonchev–Trinajstić information content (AvgIpc) is 3.13. The maximum Gasteiger partial charge on any atom is 0.257 e. The van der Waals surface area contributed by atoms with Crippen LogP contribution in [0.3, 0.4) is 0 Å². The number of rotatable bonds is 3. The first-order valence-corrected chi connectivity index (χ1v) is 9.30. The van der Waals surface area contributed by atoms with Crippen molar-refractivity contribution in [3.05, 3.63) is 83.4 Å². The molecular formula is C21H15ClN4OS. The monoisotopic (exact) mass is 406 g/mol. The summed E-state index contributed by atoms with van der Waals surface area (Å²) in [5.41, 5.74) is 4.01. The molecule has 0 unspecified atom stereocenters. The number of anilines is 1. The molecule has 4 rings (SSSR count). The minimum atomic E-state index is -0.303. The molecular weight excluding hydrogens is 392 g/mol. The Balaban J connectivity index is 1.47. The fraction of sp³-hybridized carbons (Fsp3) is 0. The van der Waals surface area contributed by atoms with Gasteiger partial charge in [-0.2, -0.15) is 0 Å². The molecule has 0 aliphatic rings. The Morgan fingerprint density at radius 1 is 1.00 bits per heavy atom. The molecule has 1 heterocycles. The Labute approximate surface area is 171 Å². The third kappa shape index (κ3) is 4.03. The average molecular weight is 407 g/mol. The van der Waals surface area contributed by atoms with Crippen LogP contribution in [0.15, 0.2) is 72.8 Å². The van der Waals surface area contributed by atoms with Crippen molar-refractivity contribution in [2.75, 3.05) is 5.32 Å². The summed E-state index contributed by atoms with van der Waals surface area (Å²) in [5, 5.41) is 6.47. The molecule has 28 heavy (non-hydrogen) atoms. The van der Waals surface area contributed by atoms with Gasteiger partial charge in [0, 0.05) is 21.8 Å². The number of benzene rings is 3. The second kappa shape index (κ2) is 7.80. The number of H-pyrrole nitrogens is 1. The predicted octanol–water partition coefficient (Wildman–Crippen LogP) is 5.01. The maximum absolute atomic E-state index is 12.2. The number of aromatic nitrogens is 2. The van der Waals surface area contributed by atoms with Gasteiger partial charge in [0.1, 0.15) is 5.82 Å². The Bertz CT molecular complexity index is 1140. The van der Waals surface area contributed by atoms with E-state index in [1.807, 2.05) is 48.5 Å². The van der Waals surface area contributed by atoms with Gasteiger partial charge in [0.15, 0.2) is 5.11 Å². The fourth-order valence-corrected chi connectivity index (χ4v) is 3.11. The molecule has 0 bridgehead atoms. The summed E-state index contributed by atoms with van der Waals surface area (Å²) in [6, 6.07) is 22.1. The van der Waals surface area contributed by atoms with Gasteiger partial charge in [-0.3, -0.25) is 10.1 Å². The van der Waals surface area contributed by atoms with Gasteiger partial charge in [-0.25, -0.2) is 4.98 Å². The molecule has 3 N–H and O–H groups in total. The standard InChI is InChI=1S/C21H15ClN4OS/c22-15-10-8-13(9-11-15)20(27)26-21(28)23-16-5-3-4-14(12-16)19-24-17-6-1-2-7-18(17)25-19/h1-12H,(H,24,25)(H2,23,26,27,28). The number of hydrogen-bond acceptors (Lipinski definition) is 3. The van der Waals surface area contributed by atoms with E-state index in [0.717, 1.165) is 28.1 Å². The fourth-order valence-electron chi connectivity index (χ4n) is 2.77. The second-order valence-electron chi connectivity index (χ2n) is 6.10. The van der Waals surface area contributed by atoms with Crippen molar-refractivity contribution in [1.82, 2.24) is 15.3 Å². The topological polar surface area (TPSA) is 69.8 Å². The van der Waals surface area contributed by atoms with Crippen LogP contribution in [0.5, 0.6) is 0 Å². The highest BCUT2D eigenvalue weighted by Gasteiger charge is 2.09. The highest BCUT2D eigenvalue weighted by molar-refractivity contribution is 7.80. The van der Waals surface area contributed by atoms with E-state index in [4.69, 9.17) is 23.8 Å². The van der Waals surface area contributed by atoms with Crippen LogP contribution in [-0.2, 0) is 0 Å². The first-order valence-electron chi connectivity index (χ1n) is 8.51. The minimum Gasteiger partial charge on any atom is -0.338 e. The van der Waals surface area contributed by atoms with E-state index in [0.29, 0.717) is 10.6 Å². The van der Waals surface area contributed by atoms with Crippen molar-refractivity contribution in [1.29, 1.82) is 0 Å². The van der Waals surface area contributed by atoms with Gasteiger partial charge in [0.05, 0.1) is 11.0 Å². The highest BCUT2D eigenvalue weighted by Crippen LogP contribution is 2.23.